The van der Waals surface area contributed by atoms with E-state index in [1.54, 1.807) is 26.0 Å². The van der Waals surface area contributed by atoms with Gasteiger partial charge in [0.2, 0.25) is 0 Å². The molecule has 2 aromatic carbocycles. The number of halogens is 4. The summed E-state index contributed by atoms with van der Waals surface area (Å²) in [7, 11) is 0. The van der Waals surface area contributed by atoms with Crippen molar-refractivity contribution in [3.05, 3.63) is 58.0 Å². The number of alkyl halides is 2. The van der Waals surface area contributed by atoms with Gasteiger partial charge in [-0.15, -0.1) is 0 Å². The largest absolute Gasteiger partial charge is 0.386 e. The Morgan fingerprint density at radius 2 is 1.97 bits per heavy atom. The first-order valence-electron chi connectivity index (χ1n) is 8.95. The van der Waals surface area contributed by atoms with Crippen molar-refractivity contribution < 1.29 is 13.2 Å². The van der Waals surface area contributed by atoms with Crippen LogP contribution in [0.25, 0.3) is 10.9 Å². The SMILES string of the molecule is Cc1cc(F)cc(C[C@H](N)C(N)=Nc2ccc(Cl)c3c(C)nn(CC(F)F)c23)c1. The maximum Gasteiger partial charge on any atom is 0.257 e. The van der Waals surface area contributed by atoms with Crippen molar-refractivity contribution in [1.82, 2.24) is 9.78 Å². The number of benzene rings is 2. The molecule has 0 aliphatic carbocycles. The molecule has 0 radical (unpaired) electrons. The van der Waals surface area contributed by atoms with Gasteiger partial charge in [-0.25, -0.2) is 18.2 Å². The first-order chi connectivity index (χ1) is 13.7. The molecule has 29 heavy (non-hydrogen) atoms. The quantitative estimate of drug-likeness (QED) is 0.459. The van der Waals surface area contributed by atoms with E-state index >= 15 is 0 Å². The number of aliphatic imine (C=N–C) groups is 1. The first-order valence-corrected chi connectivity index (χ1v) is 9.33. The monoisotopic (exact) mass is 423 g/mol. The van der Waals surface area contributed by atoms with E-state index in [0.29, 0.717) is 32.9 Å². The van der Waals surface area contributed by atoms with Crippen LogP contribution in [0.2, 0.25) is 5.02 Å². The molecule has 0 aliphatic heterocycles. The summed E-state index contributed by atoms with van der Waals surface area (Å²) in [5.74, 6) is -0.258. The van der Waals surface area contributed by atoms with Crippen molar-refractivity contribution in [3.63, 3.8) is 0 Å². The number of fused-ring (bicyclic) bond motifs is 1. The molecule has 0 spiro atoms. The number of amidine groups is 1. The Labute approximate surface area is 171 Å². The third kappa shape index (κ3) is 4.71. The Morgan fingerprint density at radius 3 is 2.62 bits per heavy atom. The number of aryl methyl sites for hydroxylation is 2. The number of hydrogen-bond acceptors (Lipinski definition) is 3. The standard InChI is InChI=1S/C20H21ClF3N5/c1-10-5-12(7-13(22)6-10)8-15(25)20(26)27-16-4-3-14(21)18-11(2)28-29(19(16)18)9-17(23)24/h3-7,15,17H,8-9,25H2,1-2H3,(H2,26,27)/t15-/m0/s1. The van der Waals surface area contributed by atoms with Crippen molar-refractivity contribution >= 4 is 34.0 Å². The molecule has 0 saturated carbocycles. The van der Waals surface area contributed by atoms with Crippen LogP contribution >= 0.6 is 11.6 Å². The van der Waals surface area contributed by atoms with Crippen LogP contribution in [0.5, 0.6) is 0 Å². The summed E-state index contributed by atoms with van der Waals surface area (Å²) in [6.45, 7) is 2.87. The van der Waals surface area contributed by atoms with Crippen LogP contribution in [0.1, 0.15) is 16.8 Å². The summed E-state index contributed by atoms with van der Waals surface area (Å²) in [5.41, 5.74) is 14.9. The lowest BCUT2D eigenvalue weighted by atomic mass is 10.0. The fourth-order valence-electron chi connectivity index (χ4n) is 3.31. The van der Waals surface area contributed by atoms with Crippen molar-refractivity contribution in [3.8, 4) is 0 Å². The van der Waals surface area contributed by atoms with Crippen LogP contribution in [0.4, 0.5) is 18.9 Å². The van der Waals surface area contributed by atoms with Crippen molar-refractivity contribution in [1.29, 1.82) is 0 Å². The molecular formula is C20H21ClF3N5. The van der Waals surface area contributed by atoms with Gasteiger partial charge in [-0.1, -0.05) is 17.7 Å². The van der Waals surface area contributed by atoms with Crippen LogP contribution in [-0.4, -0.2) is 28.1 Å². The van der Waals surface area contributed by atoms with E-state index in [1.807, 2.05) is 6.07 Å². The number of aromatic nitrogens is 2. The van der Waals surface area contributed by atoms with Gasteiger partial charge in [0.25, 0.3) is 6.43 Å². The molecule has 3 rings (SSSR count). The molecule has 3 aromatic rings. The highest BCUT2D eigenvalue weighted by atomic mass is 35.5. The summed E-state index contributed by atoms with van der Waals surface area (Å²) >= 11 is 6.24. The number of nitrogens with two attached hydrogens (primary N) is 2. The number of rotatable bonds is 6. The van der Waals surface area contributed by atoms with E-state index in [0.717, 1.165) is 5.56 Å². The van der Waals surface area contributed by atoms with Gasteiger partial charge in [-0.2, -0.15) is 5.10 Å². The predicted octanol–water partition coefficient (Wildman–Crippen LogP) is 4.27. The van der Waals surface area contributed by atoms with E-state index in [4.69, 9.17) is 23.1 Å². The van der Waals surface area contributed by atoms with Gasteiger partial charge in [-0.3, -0.25) is 4.68 Å². The zero-order chi connectivity index (χ0) is 21.3. The average molecular weight is 424 g/mol. The zero-order valence-electron chi connectivity index (χ0n) is 16.0. The Kier molecular flexibility index (Phi) is 6.14. The van der Waals surface area contributed by atoms with Gasteiger partial charge in [0.15, 0.2) is 0 Å². The van der Waals surface area contributed by atoms with Gasteiger partial charge >= 0.3 is 0 Å². The van der Waals surface area contributed by atoms with E-state index in [9.17, 15) is 13.2 Å². The van der Waals surface area contributed by atoms with E-state index in [1.165, 1.54) is 16.8 Å². The van der Waals surface area contributed by atoms with Gasteiger partial charge < -0.3 is 11.5 Å². The molecule has 1 atom stereocenters. The second-order valence-electron chi connectivity index (χ2n) is 6.93. The molecular weight excluding hydrogens is 403 g/mol. The van der Waals surface area contributed by atoms with Gasteiger partial charge in [0, 0.05) is 5.39 Å². The van der Waals surface area contributed by atoms with E-state index in [-0.39, 0.29) is 18.1 Å². The fourth-order valence-corrected chi connectivity index (χ4v) is 3.59. The topological polar surface area (TPSA) is 82.2 Å². The van der Waals surface area contributed by atoms with Crippen LogP contribution in [0.3, 0.4) is 0 Å². The molecule has 0 amide bonds. The Balaban J connectivity index is 1.98. The first kappa shape index (κ1) is 21.1. The molecule has 4 N–H and O–H groups in total. The summed E-state index contributed by atoms with van der Waals surface area (Å²) in [6.07, 6.45) is -2.32. The minimum atomic E-state index is -2.59. The minimum Gasteiger partial charge on any atom is -0.386 e. The second kappa shape index (κ2) is 8.42. The predicted molar refractivity (Wildman–Crippen MR) is 110 cm³/mol. The maximum atomic E-state index is 13.6. The summed E-state index contributed by atoms with van der Waals surface area (Å²) in [5, 5.41) is 5.08. The van der Waals surface area contributed by atoms with Crippen molar-refractivity contribution in [2.75, 3.05) is 0 Å². The van der Waals surface area contributed by atoms with Gasteiger partial charge in [0.05, 0.1) is 28.0 Å². The normalized spacial score (nSPS) is 13.4. The van der Waals surface area contributed by atoms with Crippen LogP contribution in [0, 0.1) is 19.7 Å². The van der Waals surface area contributed by atoms with Gasteiger partial charge in [0.1, 0.15) is 18.2 Å². The number of hydrogen-bond donors (Lipinski definition) is 2. The molecule has 154 valence electrons. The highest BCUT2D eigenvalue weighted by molar-refractivity contribution is 6.36. The van der Waals surface area contributed by atoms with Gasteiger partial charge in [-0.05, 0) is 55.7 Å². The Hall–Kier alpha value is -2.58. The zero-order valence-corrected chi connectivity index (χ0v) is 16.7. The maximum absolute atomic E-state index is 13.6. The molecule has 0 fully saturated rings. The molecule has 0 bridgehead atoms. The van der Waals surface area contributed by atoms with E-state index in [2.05, 4.69) is 10.1 Å². The molecule has 0 unspecified atom stereocenters. The lowest BCUT2D eigenvalue weighted by Gasteiger charge is -2.13. The highest BCUT2D eigenvalue weighted by Gasteiger charge is 2.18. The smallest absolute Gasteiger partial charge is 0.257 e. The van der Waals surface area contributed by atoms with Crippen LogP contribution in [0.15, 0.2) is 35.3 Å². The highest BCUT2D eigenvalue weighted by Crippen LogP contribution is 2.34. The van der Waals surface area contributed by atoms with Crippen LogP contribution < -0.4 is 11.5 Å². The molecule has 0 saturated heterocycles. The average Bonchev–Trinajstić information content (AvgIpc) is 2.92. The summed E-state index contributed by atoms with van der Waals surface area (Å²) < 4.78 is 40.7. The summed E-state index contributed by atoms with van der Waals surface area (Å²) in [6, 6.07) is 7.14. The molecule has 0 aliphatic rings. The third-order valence-electron chi connectivity index (χ3n) is 4.49. The van der Waals surface area contributed by atoms with Crippen LogP contribution in [-0.2, 0) is 13.0 Å². The minimum absolute atomic E-state index is 0.0954. The lowest BCUT2D eigenvalue weighted by molar-refractivity contribution is 0.123. The van der Waals surface area contributed by atoms with Crippen molar-refractivity contribution in [2.45, 2.75) is 39.3 Å². The second-order valence-corrected chi connectivity index (χ2v) is 7.34. The molecule has 5 nitrogen and oxygen atoms in total. The fraction of sp³-hybridized carbons (Fsp3) is 0.300. The van der Waals surface area contributed by atoms with Crippen molar-refractivity contribution in [2.24, 2.45) is 16.5 Å². The van der Waals surface area contributed by atoms with E-state index < -0.39 is 19.0 Å². The summed E-state index contributed by atoms with van der Waals surface area (Å²) in [4.78, 5) is 4.36. The number of nitrogens with zero attached hydrogens (tertiary/aromatic N) is 3. The molecule has 1 heterocycles. The third-order valence-corrected chi connectivity index (χ3v) is 4.81. The Morgan fingerprint density at radius 1 is 1.24 bits per heavy atom. The molecule has 9 heteroatoms. The molecule has 1 aromatic heterocycles. The lowest BCUT2D eigenvalue weighted by Crippen LogP contribution is -2.38. The Bertz CT molecular complexity index is 1060.